The van der Waals surface area contributed by atoms with Crippen molar-refractivity contribution >= 4 is 51.7 Å². The molecule has 0 aliphatic rings. The maximum absolute atomic E-state index is 13.0. The summed E-state index contributed by atoms with van der Waals surface area (Å²) in [5, 5.41) is 3.28. The molecule has 2 aromatic rings. The van der Waals surface area contributed by atoms with Crippen molar-refractivity contribution in [3.05, 3.63) is 67.0 Å². The largest absolute Gasteiger partial charge is 0.348 e. The Hall–Kier alpha value is -0.850. The van der Waals surface area contributed by atoms with Gasteiger partial charge >= 0.3 is 0 Å². The van der Waals surface area contributed by atoms with Crippen molar-refractivity contribution in [2.75, 3.05) is 0 Å². The number of halogens is 4. The van der Waals surface area contributed by atoms with Gasteiger partial charge in [0.1, 0.15) is 5.82 Å². The topological polar surface area (TPSA) is 29.1 Å². The highest BCUT2D eigenvalue weighted by molar-refractivity contribution is 14.1. The van der Waals surface area contributed by atoms with E-state index in [4.69, 9.17) is 23.2 Å². The molecule has 0 heterocycles. The van der Waals surface area contributed by atoms with E-state index in [1.165, 1.54) is 12.1 Å². The zero-order valence-corrected chi connectivity index (χ0v) is 13.8. The van der Waals surface area contributed by atoms with Gasteiger partial charge in [-0.15, -0.1) is 0 Å². The number of carbonyl (C=O) groups is 1. The fourth-order valence-corrected chi connectivity index (χ4v) is 2.55. The summed E-state index contributed by atoms with van der Waals surface area (Å²) in [7, 11) is 0. The highest BCUT2D eigenvalue weighted by atomic mass is 127. The molecule has 0 bridgehead atoms. The maximum Gasteiger partial charge on any atom is 0.252 e. The second-order valence-corrected chi connectivity index (χ2v) is 6.06. The Balaban J connectivity index is 2.08. The molecule has 0 saturated heterocycles. The van der Waals surface area contributed by atoms with Gasteiger partial charge in [0.15, 0.2) is 0 Å². The van der Waals surface area contributed by atoms with Crippen LogP contribution in [0.3, 0.4) is 0 Å². The number of carbonyl (C=O) groups excluding carboxylic acids is 1. The summed E-state index contributed by atoms with van der Waals surface area (Å²) in [4.78, 5) is 12.1. The molecule has 6 heteroatoms. The summed E-state index contributed by atoms with van der Waals surface area (Å²) in [5.74, 6) is -0.719. The van der Waals surface area contributed by atoms with E-state index in [0.29, 0.717) is 10.6 Å². The number of rotatable bonds is 3. The third kappa shape index (κ3) is 3.84. The molecular weight excluding hydrogens is 415 g/mol. The molecule has 0 spiro atoms. The van der Waals surface area contributed by atoms with E-state index < -0.39 is 5.82 Å². The van der Waals surface area contributed by atoms with Crippen LogP contribution in [0.4, 0.5) is 4.39 Å². The molecule has 0 atom stereocenters. The van der Waals surface area contributed by atoms with E-state index in [2.05, 4.69) is 27.9 Å². The molecule has 1 N–H and O–H groups in total. The first-order valence-corrected chi connectivity index (χ1v) is 7.48. The SMILES string of the molecule is O=C(NCc1ccc(F)c(Cl)c1)c1cc(Cl)ccc1I. The van der Waals surface area contributed by atoms with E-state index in [-0.39, 0.29) is 17.5 Å². The molecule has 2 nitrogen and oxygen atoms in total. The predicted octanol–water partition coefficient (Wildman–Crippen LogP) is 4.67. The third-order valence-corrected chi connectivity index (χ3v) is 4.08. The average molecular weight is 424 g/mol. The first kappa shape index (κ1) is 15.5. The normalized spacial score (nSPS) is 10.4. The Morgan fingerprint density at radius 1 is 1.20 bits per heavy atom. The van der Waals surface area contributed by atoms with Crippen LogP contribution >= 0.6 is 45.8 Å². The Labute approximate surface area is 139 Å². The standard InChI is InChI=1S/C14H9Cl2FINO/c15-9-2-4-13(18)10(6-9)14(20)19-7-8-1-3-12(17)11(16)5-8/h1-6H,7H2,(H,19,20). The van der Waals surface area contributed by atoms with E-state index in [1.807, 2.05) is 0 Å². The summed E-state index contributed by atoms with van der Waals surface area (Å²) in [6, 6.07) is 9.43. The van der Waals surface area contributed by atoms with Crippen molar-refractivity contribution in [3.63, 3.8) is 0 Å². The van der Waals surface area contributed by atoms with Gasteiger partial charge in [0.25, 0.3) is 5.91 Å². The Bertz CT molecular complexity index is 664. The fourth-order valence-electron chi connectivity index (χ4n) is 1.60. The quantitative estimate of drug-likeness (QED) is 0.714. The van der Waals surface area contributed by atoms with Gasteiger partial charge in [-0.25, -0.2) is 4.39 Å². The van der Waals surface area contributed by atoms with Crippen molar-refractivity contribution in [2.45, 2.75) is 6.54 Å². The number of benzene rings is 2. The third-order valence-electron chi connectivity index (χ3n) is 2.61. The number of amides is 1. The van der Waals surface area contributed by atoms with Crippen molar-refractivity contribution in [3.8, 4) is 0 Å². The number of hydrogen-bond acceptors (Lipinski definition) is 1. The molecule has 104 valence electrons. The van der Waals surface area contributed by atoms with E-state index >= 15 is 0 Å². The molecule has 0 aliphatic heterocycles. The van der Waals surface area contributed by atoms with Crippen LogP contribution in [0.15, 0.2) is 36.4 Å². The van der Waals surface area contributed by atoms with Crippen LogP contribution in [0.1, 0.15) is 15.9 Å². The minimum absolute atomic E-state index is 0.0362. The molecule has 2 rings (SSSR count). The van der Waals surface area contributed by atoms with Gasteiger partial charge in [0.05, 0.1) is 10.6 Å². The monoisotopic (exact) mass is 423 g/mol. The van der Waals surface area contributed by atoms with Crippen LogP contribution in [0.2, 0.25) is 10.0 Å². The lowest BCUT2D eigenvalue weighted by molar-refractivity contribution is 0.0950. The van der Waals surface area contributed by atoms with Crippen LogP contribution in [-0.2, 0) is 6.54 Å². The lowest BCUT2D eigenvalue weighted by atomic mass is 10.2. The van der Waals surface area contributed by atoms with E-state index in [1.54, 1.807) is 24.3 Å². The van der Waals surface area contributed by atoms with Gasteiger partial charge in [0.2, 0.25) is 0 Å². The number of nitrogens with one attached hydrogen (secondary N) is 1. The van der Waals surface area contributed by atoms with Gasteiger partial charge in [-0.3, -0.25) is 4.79 Å². The summed E-state index contributed by atoms with van der Waals surface area (Å²) in [6.07, 6.45) is 0. The molecule has 0 saturated carbocycles. The van der Waals surface area contributed by atoms with Crippen molar-refractivity contribution in [2.24, 2.45) is 0 Å². The zero-order valence-electron chi connectivity index (χ0n) is 10.1. The summed E-state index contributed by atoms with van der Waals surface area (Å²) in [6.45, 7) is 0.265. The first-order valence-electron chi connectivity index (χ1n) is 5.64. The van der Waals surface area contributed by atoms with Crippen LogP contribution in [0.5, 0.6) is 0 Å². The van der Waals surface area contributed by atoms with Crippen molar-refractivity contribution in [1.29, 1.82) is 0 Å². The lowest BCUT2D eigenvalue weighted by Gasteiger charge is -2.08. The highest BCUT2D eigenvalue weighted by Crippen LogP contribution is 2.19. The molecule has 20 heavy (non-hydrogen) atoms. The summed E-state index contributed by atoms with van der Waals surface area (Å²) in [5.41, 5.74) is 1.23. The minimum atomic E-state index is -0.480. The highest BCUT2D eigenvalue weighted by Gasteiger charge is 2.10. The molecule has 0 fully saturated rings. The average Bonchev–Trinajstić information content (AvgIpc) is 2.42. The van der Waals surface area contributed by atoms with Crippen LogP contribution < -0.4 is 5.32 Å². The van der Waals surface area contributed by atoms with Gasteiger partial charge < -0.3 is 5.32 Å². The second kappa shape index (κ2) is 6.74. The van der Waals surface area contributed by atoms with E-state index in [9.17, 15) is 9.18 Å². The fraction of sp³-hybridized carbons (Fsp3) is 0.0714. The number of hydrogen-bond donors (Lipinski definition) is 1. The van der Waals surface area contributed by atoms with Gasteiger partial charge in [-0.2, -0.15) is 0 Å². The smallest absolute Gasteiger partial charge is 0.252 e. The lowest BCUT2D eigenvalue weighted by Crippen LogP contribution is -2.23. The second-order valence-electron chi connectivity index (χ2n) is 4.06. The van der Waals surface area contributed by atoms with Gasteiger partial charge in [-0.05, 0) is 58.5 Å². The molecule has 1 amide bonds. The van der Waals surface area contributed by atoms with Gasteiger partial charge in [0, 0.05) is 15.1 Å². The van der Waals surface area contributed by atoms with Crippen LogP contribution in [0.25, 0.3) is 0 Å². The Morgan fingerprint density at radius 2 is 1.95 bits per heavy atom. The molecule has 0 aliphatic carbocycles. The predicted molar refractivity (Wildman–Crippen MR) is 86.7 cm³/mol. The Morgan fingerprint density at radius 3 is 2.65 bits per heavy atom. The molecule has 0 aromatic heterocycles. The first-order chi connectivity index (χ1) is 9.47. The van der Waals surface area contributed by atoms with Crippen LogP contribution in [0, 0.1) is 9.39 Å². The molecule has 0 unspecified atom stereocenters. The van der Waals surface area contributed by atoms with E-state index in [0.717, 1.165) is 9.13 Å². The van der Waals surface area contributed by atoms with Crippen LogP contribution in [-0.4, -0.2) is 5.91 Å². The summed E-state index contributed by atoms with van der Waals surface area (Å²) >= 11 is 13.6. The zero-order chi connectivity index (χ0) is 14.7. The Kier molecular flexibility index (Phi) is 5.23. The molecule has 2 aromatic carbocycles. The summed E-state index contributed by atoms with van der Waals surface area (Å²) < 4.78 is 13.8. The van der Waals surface area contributed by atoms with Crippen molar-refractivity contribution < 1.29 is 9.18 Å². The maximum atomic E-state index is 13.0. The van der Waals surface area contributed by atoms with Gasteiger partial charge in [-0.1, -0.05) is 29.3 Å². The molecular formula is C14H9Cl2FINO. The minimum Gasteiger partial charge on any atom is -0.348 e. The molecule has 0 radical (unpaired) electrons. The van der Waals surface area contributed by atoms with Crippen molar-refractivity contribution in [1.82, 2.24) is 5.32 Å².